The van der Waals surface area contributed by atoms with E-state index in [0.717, 1.165) is 49.0 Å². The molecule has 26 heavy (non-hydrogen) atoms. The Balaban J connectivity index is 1.62. The molecule has 5 heteroatoms. The van der Waals surface area contributed by atoms with E-state index >= 15 is 0 Å². The minimum Gasteiger partial charge on any atom is -0.493 e. The lowest BCUT2D eigenvalue weighted by Gasteiger charge is -2.23. The number of piperidine rings is 1. The number of rotatable bonds is 8. The Morgan fingerprint density at radius 3 is 2.62 bits per heavy atom. The van der Waals surface area contributed by atoms with Crippen molar-refractivity contribution in [3.8, 4) is 11.5 Å². The van der Waals surface area contributed by atoms with Gasteiger partial charge in [0.2, 0.25) is 0 Å². The summed E-state index contributed by atoms with van der Waals surface area (Å²) in [4.78, 5) is 0. The quantitative estimate of drug-likeness (QED) is 0.758. The third-order valence-electron chi connectivity index (χ3n) is 4.78. The molecule has 0 bridgehead atoms. The molecule has 0 unspecified atom stereocenters. The fourth-order valence-corrected chi connectivity index (χ4v) is 3.26. The Hall–Kier alpha value is -2.11. The summed E-state index contributed by atoms with van der Waals surface area (Å²) in [6.07, 6.45) is 2.44. The maximum absolute atomic E-state index is 13.1. The van der Waals surface area contributed by atoms with E-state index in [4.69, 9.17) is 9.47 Å². The summed E-state index contributed by atoms with van der Waals surface area (Å²) in [5.41, 5.74) is 1.99. The van der Waals surface area contributed by atoms with Crippen molar-refractivity contribution in [1.82, 2.24) is 10.6 Å². The second-order valence-corrected chi connectivity index (χ2v) is 6.69. The first kappa shape index (κ1) is 18.7. The third kappa shape index (κ3) is 5.19. The molecule has 1 aliphatic heterocycles. The Morgan fingerprint density at radius 2 is 1.88 bits per heavy atom. The molecular formula is C21H27FN2O2. The highest BCUT2D eigenvalue weighted by atomic mass is 19.1. The van der Waals surface area contributed by atoms with Gasteiger partial charge in [0.15, 0.2) is 11.5 Å². The van der Waals surface area contributed by atoms with Crippen LogP contribution in [0, 0.1) is 11.7 Å². The number of methoxy groups -OCH3 is 1. The van der Waals surface area contributed by atoms with Gasteiger partial charge in [0.25, 0.3) is 0 Å². The molecule has 0 amide bonds. The Bertz CT molecular complexity index is 685. The summed E-state index contributed by atoms with van der Waals surface area (Å²) in [7, 11) is 1.65. The minimum atomic E-state index is -0.242. The maximum atomic E-state index is 13.1. The SMILES string of the molecule is COc1cccc(CNCC2CCNCC2)c1OCc1ccc(F)cc1. The summed E-state index contributed by atoms with van der Waals surface area (Å²) in [5.74, 6) is 1.95. The smallest absolute Gasteiger partial charge is 0.166 e. The third-order valence-corrected chi connectivity index (χ3v) is 4.78. The molecule has 0 atom stereocenters. The van der Waals surface area contributed by atoms with Gasteiger partial charge in [0.05, 0.1) is 7.11 Å². The van der Waals surface area contributed by atoms with Crippen LogP contribution in [0.1, 0.15) is 24.0 Å². The predicted molar refractivity (Wildman–Crippen MR) is 101 cm³/mol. The Labute approximate surface area is 154 Å². The van der Waals surface area contributed by atoms with E-state index in [1.807, 2.05) is 12.1 Å². The zero-order valence-corrected chi connectivity index (χ0v) is 15.3. The van der Waals surface area contributed by atoms with Crippen LogP contribution in [0.15, 0.2) is 42.5 Å². The molecular weight excluding hydrogens is 331 g/mol. The van der Waals surface area contributed by atoms with Crippen molar-refractivity contribution in [2.45, 2.75) is 26.0 Å². The lowest BCUT2D eigenvalue weighted by molar-refractivity contribution is 0.279. The van der Waals surface area contributed by atoms with Crippen molar-refractivity contribution in [3.63, 3.8) is 0 Å². The molecule has 0 saturated carbocycles. The zero-order chi connectivity index (χ0) is 18.2. The van der Waals surface area contributed by atoms with Gasteiger partial charge in [-0.2, -0.15) is 0 Å². The van der Waals surface area contributed by atoms with Gasteiger partial charge in [-0.3, -0.25) is 0 Å². The molecule has 0 radical (unpaired) electrons. The highest BCUT2D eigenvalue weighted by molar-refractivity contribution is 5.46. The van der Waals surface area contributed by atoms with Crippen molar-refractivity contribution >= 4 is 0 Å². The predicted octanol–water partition coefficient (Wildman–Crippen LogP) is 3.50. The molecule has 0 aliphatic carbocycles. The van der Waals surface area contributed by atoms with Gasteiger partial charge in [-0.1, -0.05) is 24.3 Å². The molecule has 2 N–H and O–H groups in total. The molecule has 4 nitrogen and oxygen atoms in total. The first-order chi connectivity index (χ1) is 12.8. The van der Waals surface area contributed by atoms with Gasteiger partial charge >= 0.3 is 0 Å². The lowest BCUT2D eigenvalue weighted by Crippen LogP contribution is -2.33. The number of nitrogens with one attached hydrogen (secondary N) is 2. The van der Waals surface area contributed by atoms with Crippen LogP contribution >= 0.6 is 0 Å². The fraction of sp³-hybridized carbons (Fsp3) is 0.429. The monoisotopic (exact) mass is 358 g/mol. The maximum Gasteiger partial charge on any atom is 0.166 e. The van der Waals surface area contributed by atoms with Gasteiger partial charge in [0.1, 0.15) is 12.4 Å². The topological polar surface area (TPSA) is 42.5 Å². The standard InChI is InChI=1S/C21H27FN2O2/c1-25-20-4-2-3-18(14-24-13-16-9-11-23-12-10-16)21(20)26-15-17-5-7-19(22)8-6-17/h2-8,16,23-24H,9-15H2,1H3. The number of ether oxygens (including phenoxy) is 2. The highest BCUT2D eigenvalue weighted by Crippen LogP contribution is 2.32. The molecule has 140 valence electrons. The van der Waals surface area contributed by atoms with Crippen LogP contribution in [0.2, 0.25) is 0 Å². The first-order valence-electron chi connectivity index (χ1n) is 9.21. The van der Waals surface area contributed by atoms with Crippen LogP contribution in [-0.2, 0) is 13.2 Å². The van der Waals surface area contributed by atoms with E-state index in [9.17, 15) is 4.39 Å². The number of benzene rings is 2. The summed E-state index contributed by atoms with van der Waals surface area (Å²) in [6.45, 7) is 4.34. The van der Waals surface area contributed by atoms with Crippen molar-refractivity contribution in [2.75, 3.05) is 26.7 Å². The molecule has 1 saturated heterocycles. The number of hydrogen-bond donors (Lipinski definition) is 2. The van der Waals surface area contributed by atoms with E-state index in [1.165, 1.54) is 25.0 Å². The van der Waals surface area contributed by atoms with Crippen molar-refractivity contribution in [2.24, 2.45) is 5.92 Å². The second-order valence-electron chi connectivity index (χ2n) is 6.69. The fourth-order valence-electron chi connectivity index (χ4n) is 3.26. The first-order valence-corrected chi connectivity index (χ1v) is 9.21. The van der Waals surface area contributed by atoms with Crippen molar-refractivity contribution in [3.05, 3.63) is 59.4 Å². The van der Waals surface area contributed by atoms with Gasteiger partial charge in [-0.15, -0.1) is 0 Å². The second kappa shape index (κ2) is 9.55. The molecule has 3 rings (SSSR count). The molecule has 1 fully saturated rings. The molecule has 0 spiro atoms. The number of halogens is 1. The van der Waals surface area contributed by atoms with Crippen LogP contribution in [-0.4, -0.2) is 26.7 Å². The average Bonchev–Trinajstić information content (AvgIpc) is 2.69. The zero-order valence-electron chi connectivity index (χ0n) is 15.3. The van der Waals surface area contributed by atoms with Crippen molar-refractivity contribution < 1.29 is 13.9 Å². The van der Waals surface area contributed by atoms with Crippen LogP contribution in [0.25, 0.3) is 0 Å². The molecule has 1 heterocycles. The Morgan fingerprint density at radius 1 is 1.12 bits per heavy atom. The van der Waals surface area contributed by atoms with Crippen LogP contribution < -0.4 is 20.1 Å². The van der Waals surface area contributed by atoms with Gasteiger partial charge in [0, 0.05) is 12.1 Å². The van der Waals surface area contributed by atoms with E-state index < -0.39 is 0 Å². The highest BCUT2D eigenvalue weighted by Gasteiger charge is 2.14. The lowest BCUT2D eigenvalue weighted by atomic mass is 9.98. The van der Waals surface area contributed by atoms with Gasteiger partial charge < -0.3 is 20.1 Å². The van der Waals surface area contributed by atoms with E-state index in [1.54, 1.807) is 19.2 Å². The van der Waals surface area contributed by atoms with Gasteiger partial charge in [-0.05, 0) is 62.2 Å². The average molecular weight is 358 g/mol. The van der Waals surface area contributed by atoms with Gasteiger partial charge in [-0.25, -0.2) is 4.39 Å². The Kier molecular flexibility index (Phi) is 6.86. The van der Waals surface area contributed by atoms with Crippen LogP contribution in [0.3, 0.4) is 0 Å². The van der Waals surface area contributed by atoms with Crippen LogP contribution in [0.4, 0.5) is 4.39 Å². The summed E-state index contributed by atoms with van der Waals surface area (Å²) in [6, 6.07) is 12.3. The summed E-state index contributed by atoms with van der Waals surface area (Å²) >= 11 is 0. The van der Waals surface area contributed by atoms with Crippen molar-refractivity contribution in [1.29, 1.82) is 0 Å². The normalized spacial score (nSPS) is 15.0. The van der Waals surface area contributed by atoms with E-state index in [0.29, 0.717) is 12.4 Å². The minimum absolute atomic E-state index is 0.242. The largest absolute Gasteiger partial charge is 0.493 e. The summed E-state index contributed by atoms with van der Waals surface area (Å²) in [5, 5.41) is 6.95. The molecule has 0 aromatic heterocycles. The molecule has 1 aliphatic rings. The molecule has 2 aromatic carbocycles. The molecule has 2 aromatic rings. The summed E-state index contributed by atoms with van der Waals surface area (Å²) < 4.78 is 24.6. The van der Waals surface area contributed by atoms with E-state index in [2.05, 4.69) is 16.7 Å². The van der Waals surface area contributed by atoms with E-state index in [-0.39, 0.29) is 5.82 Å². The number of hydrogen-bond acceptors (Lipinski definition) is 4. The van der Waals surface area contributed by atoms with Crippen LogP contribution in [0.5, 0.6) is 11.5 Å². The number of para-hydroxylation sites is 1.